The summed E-state index contributed by atoms with van der Waals surface area (Å²) in [7, 11) is 3.54. The number of methoxy groups -OCH3 is 2. The number of rotatable bonds is 5. The highest BCUT2D eigenvalue weighted by Gasteiger charge is 2.21. The fourth-order valence-corrected chi connectivity index (χ4v) is 3.13. The Morgan fingerprint density at radius 1 is 1.21 bits per heavy atom. The number of halogens is 1. The van der Waals surface area contributed by atoms with Crippen LogP contribution in [0.15, 0.2) is 22.7 Å². The molecule has 1 aliphatic rings. The summed E-state index contributed by atoms with van der Waals surface area (Å²) in [5.74, 6) is 0. The van der Waals surface area contributed by atoms with Crippen LogP contribution in [0.4, 0.5) is 5.69 Å². The summed E-state index contributed by atoms with van der Waals surface area (Å²) in [6.07, 6.45) is 5.05. The van der Waals surface area contributed by atoms with E-state index in [1.54, 1.807) is 7.11 Å². The highest BCUT2D eigenvalue weighted by molar-refractivity contribution is 9.10. The van der Waals surface area contributed by atoms with E-state index in [4.69, 9.17) is 9.47 Å². The molecule has 0 radical (unpaired) electrons. The molecule has 0 amide bonds. The van der Waals surface area contributed by atoms with Crippen molar-refractivity contribution in [1.29, 1.82) is 0 Å². The van der Waals surface area contributed by atoms with E-state index in [-0.39, 0.29) is 0 Å². The van der Waals surface area contributed by atoms with Crippen LogP contribution in [0, 0.1) is 0 Å². The van der Waals surface area contributed by atoms with Crippen LogP contribution in [0.5, 0.6) is 0 Å². The summed E-state index contributed by atoms with van der Waals surface area (Å²) in [6.45, 7) is 0.622. The van der Waals surface area contributed by atoms with Gasteiger partial charge in [0, 0.05) is 36.0 Å². The Bertz CT molecular complexity index is 403. The first-order valence-electron chi connectivity index (χ1n) is 6.80. The lowest BCUT2D eigenvalue weighted by Gasteiger charge is -2.29. The SMILES string of the molecule is COCc1c(Br)cccc1NC1CCC(OC)CC1. The Morgan fingerprint density at radius 3 is 2.58 bits per heavy atom. The van der Waals surface area contributed by atoms with E-state index in [0.29, 0.717) is 18.8 Å². The highest BCUT2D eigenvalue weighted by Crippen LogP contribution is 2.29. The van der Waals surface area contributed by atoms with Crippen LogP contribution in [-0.4, -0.2) is 26.4 Å². The van der Waals surface area contributed by atoms with Crippen LogP contribution in [0.3, 0.4) is 0 Å². The van der Waals surface area contributed by atoms with Gasteiger partial charge in [0.25, 0.3) is 0 Å². The maximum Gasteiger partial charge on any atom is 0.0744 e. The van der Waals surface area contributed by atoms with E-state index >= 15 is 0 Å². The van der Waals surface area contributed by atoms with Crippen molar-refractivity contribution in [1.82, 2.24) is 0 Å². The van der Waals surface area contributed by atoms with Gasteiger partial charge in [0.1, 0.15) is 0 Å². The van der Waals surface area contributed by atoms with Crippen molar-refractivity contribution in [2.75, 3.05) is 19.5 Å². The monoisotopic (exact) mass is 327 g/mol. The van der Waals surface area contributed by atoms with Gasteiger partial charge in [0.2, 0.25) is 0 Å². The second kappa shape index (κ2) is 7.27. The van der Waals surface area contributed by atoms with Crippen molar-refractivity contribution >= 4 is 21.6 Å². The van der Waals surface area contributed by atoms with Crippen LogP contribution < -0.4 is 5.32 Å². The molecule has 0 aromatic heterocycles. The standard InChI is InChI=1S/C15H22BrNO2/c1-18-10-13-14(16)4-3-5-15(13)17-11-6-8-12(19-2)9-7-11/h3-5,11-12,17H,6-10H2,1-2H3. The van der Waals surface area contributed by atoms with Gasteiger partial charge in [-0.1, -0.05) is 22.0 Å². The van der Waals surface area contributed by atoms with Gasteiger partial charge in [-0.2, -0.15) is 0 Å². The molecule has 1 fully saturated rings. The molecule has 4 heteroatoms. The van der Waals surface area contributed by atoms with E-state index in [0.717, 1.165) is 30.2 Å². The molecule has 0 saturated heterocycles. The molecule has 3 nitrogen and oxygen atoms in total. The second-order valence-electron chi connectivity index (χ2n) is 5.05. The van der Waals surface area contributed by atoms with Gasteiger partial charge >= 0.3 is 0 Å². The van der Waals surface area contributed by atoms with Crippen molar-refractivity contribution in [3.05, 3.63) is 28.2 Å². The summed E-state index contributed by atoms with van der Waals surface area (Å²) < 4.78 is 11.8. The van der Waals surface area contributed by atoms with E-state index in [9.17, 15) is 0 Å². The molecule has 19 heavy (non-hydrogen) atoms. The zero-order valence-electron chi connectivity index (χ0n) is 11.6. The van der Waals surface area contributed by atoms with Gasteiger partial charge in [0.15, 0.2) is 0 Å². The molecule has 1 aromatic carbocycles. The summed E-state index contributed by atoms with van der Waals surface area (Å²) in [6, 6.07) is 6.78. The smallest absolute Gasteiger partial charge is 0.0744 e. The van der Waals surface area contributed by atoms with Crippen molar-refractivity contribution in [2.45, 2.75) is 44.4 Å². The maximum atomic E-state index is 5.42. The minimum absolute atomic E-state index is 0.444. The minimum atomic E-state index is 0.444. The molecule has 106 valence electrons. The third-order valence-corrected chi connectivity index (χ3v) is 4.52. The van der Waals surface area contributed by atoms with Crippen LogP contribution in [0.2, 0.25) is 0 Å². The zero-order chi connectivity index (χ0) is 13.7. The highest BCUT2D eigenvalue weighted by atomic mass is 79.9. The maximum absolute atomic E-state index is 5.42. The lowest BCUT2D eigenvalue weighted by Crippen LogP contribution is -2.29. The Labute approximate surface area is 123 Å². The average molecular weight is 328 g/mol. The molecule has 0 spiro atoms. The first kappa shape index (κ1) is 14.8. The van der Waals surface area contributed by atoms with Crippen molar-refractivity contribution < 1.29 is 9.47 Å². The Morgan fingerprint density at radius 2 is 1.95 bits per heavy atom. The van der Waals surface area contributed by atoms with Crippen LogP contribution in [0.1, 0.15) is 31.2 Å². The van der Waals surface area contributed by atoms with Gasteiger partial charge in [-0.25, -0.2) is 0 Å². The van der Waals surface area contributed by atoms with Crippen LogP contribution >= 0.6 is 15.9 Å². The topological polar surface area (TPSA) is 30.5 Å². The molecule has 2 rings (SSSR count). The van der Waals surface area contributed by atoms with Crippen molar-refractivity contribution in [3.8, 4) is 0 Å². The Balaban J connectivity index is 2.01. The Kier molecular flexibility index (Phi) is 5.67. The average Bonchev–Trinajstić information content (AvgIpc) is 2.43. The van der Waals surface area contributed by atoms with E-state index < -0.39 is 0 Å². The summed E-state index contributed by atoms with van der Waals surface area (Å²) >= 11 is 3.59. The third-order valence-electron chi connectivity index (χ3n) is 3.77. The normalized spacial score (nSPS) is 23.3. The number of ether oxygens (including phenoxy) is 2. The number of hydrogen-bond donors (Lipinski definition) is 1. The number of hydrogen-bond acceptors (Lipinski definition) is 3. The van der Waals surface area contributed by atoms with Crippen LogP contribution in [-0.2, 0) is 16.1 Å². The van der Waals surface area contributed by atoms with Crippen molar-refractivity contribution in [2.24, 2.45) is 0 Å². The molecule has 1 aromatic rings. The van der Waals surface area contributed by atoms with Crippen molar-refractivity contribution in [3.63, 3.8) is 0 Å². The molecule has 0 heterocycles. The molecular formula is C15H22BrNO2. The van der Waals surface area contributed by atoms with Crippen LogP contribution in [0.25, 0.3) is 0 Å². The fourth-order valence-electron chi connectivity index (χ4n) is 2.65. The molecule has 0 bridgehead atoms. The molecular weight excluding hydrogens is 306 g/mol. The molecule has 1 saturated carbocycles. The molecule has 0 aliphatic heterocycles. The van der Waals surface area contributed by atoms with E-state index in [1.165, 1.54) is 11.3 Å². The molecule has 1 N–H and O–H groups in total. The first-order chi connectivity index (χ1) is 9.24. The van der Waals surface area contributed by atoms with E-state index in [1.807, 2.05) is 7.11 Å². The quantitative estimate of drug-likeness (QED) is 0.887. The van der Waals surface area contributed by atoms with Gasteiger partial charge in [-0.05, 0) is 37.8 Å². The lowest BCUT2D eigenvalue weighted by atomic mass is 9.92. The number of nitrogens with one attached hydrogen (secondary N) is 1. The predicted molar refractivity (Wildman–Crippen MR) is 81.5 cm³/mol. The van der Waals surface area contributed by atoms with Gasteiger partial charge in [-0.15, -0.1) is 0 Å². The Hall–Kier alpha value is -0.580. The largest absolute Gasteiger partial charge is 0.382 e. The fraction of sp³-hybridized carbons (Fsp3) is 0.600. The summed E-state index contributed by atoms with van der Waals surface area (Å²) in [5, 5.41) is 3.65. The number of benzene rings is 1. The summed E-state index contributed by atoms with van der Waals surface area (Å²) in [4.78, 5) is 0. The zero-order valence-corrected chi connectivity index (χ0v) is 13.2. The lowest BCUT2D eigenvalue weighted by molar-refractivity contribution is 0.0681. The van der Waals surface area contributed by atoms with Gasteiger partial charge in [-0.3, -0.25) is 0 Å². The van der Waals surface area contributed by atoms with E-state index in [2.05, 4.69) is 39.4 Å². The molecule has 0 atom stereocenters. The second-order valence-corrected chi connectivity index (χ2v) is 5.91. The van der Waals surface area contributed by atoms with Gasteiger partial charge < -0.3 is 14.8 Å². The molecule has 0 unspecified atom stereocenters. The predicted octanol–water partition coefficient (Wildman–Crippen LogP) is 3.97. The van der Waals surface area contributed by atoms with Gasteiger partial charge in [0.05, 0.1) is 12.7 Å². The summed E-state index contributed by atoms with van der Waals surface area (Å²) in [5.41, 5.74) is 2.37. The molecule has 1 aliphatic carbocycles. The minimum Gasteiger partial charge on any atom is -0.382 e. The third kappa shape index (κ3) is 3.94. The number of anilines is 1. The first-order valence-corrected chi connectivity index (χ1v) is 7.59.